The lowest BCUT2D eigenvalue weighted by Gasteiger charge is -2.21. The molecule has 0 aliphatic rings. The molecular weight excluding hydrogens is 266 g/mol. The second-order valence-corrected chi connectivity index (χ2v) is 4.89. The molecule has 0 saturated heterocycles. The summed E-state index contributed by atoms with van der Waals surface area (Å²) in [6, 6.07) is 4.10. The van der Waals surface area contributed by atoms with Crippen molar-refractivity contribution >= 4 is 27.3 Å². The molecule has 1 aromatic carbocycles. The molecule has 0 unspecified atom stereocenters. The standard InChI is InChI=1S/C12H20BrN3/c1-9-7-12(10(13)8-11(9)14)16(3)6-4-5-15-2/h7-8,15H,4-6,14H2,1-3H3. The van der Waals surface area contributed by atoms with Gasteiger partial charge in [0.05, 0.1) is 5.69 Å². The first-order valence-corrected chi connectivity index (χ1v) is 6.27. The van der Waals surface area contributed by atoms with Crippen LogP contribution in [0, 0.1) is 6.92 Å². The maximum absolute atomic E-state index is 5.85. The summed E-state index contributed by atoms with van der Waals surface area (Å²) < 4.78 is 1.06. The molecule has 3 N–H and O–H groups in total. The van der Waals surface area contributed by atoms with Gasteiger partial charge in [-0.05, 0) is 60.6 Å². The first kappa shape index (κ1) is 13.3. The van der Waals surface area contributed by atoms with Crippen molar-refractivity contribution in [3.63, 3.8) is 0 Å². The van der Waals surface area contributed by atoms with Gasteiger partial charge in [-0.15, -0.1) is 0 Å². The van der Waals surface area contributed by atoms with Crippen molar-refractivity contribution in [2.75, 3.05) is 37.8 Å². The van der Waals surface area contributed by atoms with Gasteiger partial charge >= 0.3 is 0 Å². The minimum Gasteiger partial charge on any atom is -0.398 e. The highest BCUT2D eigenvalue weighted by atomic mass is 79.9. The molecule has 0 atom stereocenters. The number of nitrogens with one attached hydrogen (secondary N) is 1. The summed E-state index contributed by atoms with van der Waals surface area (Å²) in [5.41, 5.74) is 9.01. The second-order valence-electron chi connectivity index (χ2n) is 4.04. The molecule has 0 fully saturated rings. The quantitative estimate of drug-likeness (QED) is 0.645. The van der Waals surface area contributed by atoms with Gasteiger partial charge in [0, 0.05) is 23.8 Å². The van der Waals surface area contributed by atoms with Gasteiger partial charge in [-0.25, -0.2) is 0 Å². The first-order valence-electron chi connectivity index (χ1n) is 5.47. The molecule has 0 amide bonds. The van der Waals surface area contributed by atoms with Gasteiger partial charge in [-0.1, -0.05) is 0 Å². The molecule has 4 heteroatoms. The van der Waals surface area contributed by atoms with Crippen molar-refractivity contribution in [1.29, 1.82) is 0 Å². The molecule has 16 heavy (non-hydrogen) atoms. The monoisotopic (exact) mass is 285 g/mol. The second kappa shape index (κ2) is 6.11. The van der Waals surface area contributed by atoms with Crippen molar-refractivity contribution in [3.05, 3.63) is 22.2 Å². The highest BCUT2D eigenvalue weighted by molar-refractivity contribution is 9.10. The Labute approximate surface area is 106 Å². The van der Waals surface area contributed by atoms with Crippen LogP contribution in [0.4, 0.5) is 11.4 Å². The Morgan fingerprint density at radius 2 is 2.12 bits per heavy atom. The van der Waals surface area contributed by atoms with Gasteiger partial charge in [0.15, 0.2) is 0 Å². The van der Waals surface area contributed by atoms with E-state index < -0.39 is 0 Å². The van der Waals surface area contributed by atoms with Crippen LogP contribution in [0.25, 0.3) is 0 Å². The normalized spacial score (nSPS) is 10.5. The lowest BCUT2D eigenvalue weighted by molar-refractivity contribution is 0.712. The summed E-state index contributed by atoms with van der Waals surface area (Å²) in [5, 5.41) is 3.15. The number of nitrogens with zero attached hydrogens (tertiary/aromatic N) is 1. The average molecular weight is 286 g/mol. The van der Waals surface area contributed by atoms with Crippen molar-refractivity contribution in [1.82, 2.24) is 5.32 Å². The van der Waals surface area contributed by atoms with Gasteiger partial charge in [0.25, 0.3) is 0 Å². The van der Waals surface area contributed by atoms with E-state index in [1.54, 1.807) is 0 Å². The highest BCUT2D eigenvalue weighted by Gasteiger charge is 2.07. The molecule has 1 aromatic rings. The van der Waals surface area contributed by atoms with Crippen molar-refractivity contribution < 1.29 is 0 Å². The molecule has 0 aliphatic heterocycles. The Hall–Kier alpha value is -0.740. The van der Waals surface area contributed by atoms with Gasteiger partial charge in [0.2, 0.25) is 0 Å². The molecule has 0 radical (unpaired) electrons. The summed E-state index contributed by atoms with van der Waals surface area (Å²) in [6.45, 7) is 4.10. The van der Waals surface area contributed by atoms with E-state index in [0.717, 1.165) is 35.2 Å². The number of benzene rings is 1. The Kier molecular flexibility index (Phi) is 5.09. The number of nitrogen functional groups attached to an aromatic ring is 1. The molecule has 0 heterocycles. The van der Waals surface area contributed by atoms with Crippen LogP contribution in [0.3, 0.4) is 0 Å². The van der Waals surface area contributed by atoms with Crippen molar-refractivity contribution in [3.8, 4) is 0 Å². The topological polar surface area (TPSA) is 41.3 Å². The number of hydrogen-bond donors (Lipinski definition) is 2. The van der Waals surface area contributed by atoms with E-state index in [4.69, 9.17) is 5.73 Å². The molecule has 90 valence electrons. The van der Waals surface area contributed by atoms with Gasteiger partial charge in [-0.3, -0.25) is 0 Å². The number of hydrogen-bond acceptors (Lipinski definition) is 3. The van der Waals surface area contributed by atoms with Gasteiger partial charge in [-0.2, -0.15) is 0 Å². The predicted molar refractivity (Wildman–Crippen MR) is 75.1 cm³/mol. The Balaban J connectivity index is 2.75. The molecular formula is C12H20BrN3. The maximum atomic E-state index is 5.85. The third-order valence-corrected chi connectivity index (χ3v) is 3.30. The summed E-state index contributed by atoms with van der Waals surface area (Å²) in [4.78, 5) is 2.24. The first-order chi connectivity index (χ1) is 7.56. The third-order valence-electron chi connectivity index (χ3n) is 2.67. The zero-order valence-electron chi connectivity index (χ0n) is 10.2. The van der Waals surface area contributed by atoms with Crippen LogP contribution >= 0.6 is 15.9 Å². The summed E-state index contributed by atoms with van der Waals surface area (Å²) >= 11 is 3.55. The van der Waals surface area contributed by atoms with E-state index in [-0.39, 0.29) is 0 Å². The van der Waals surface area contributed by atoms with E-state index in [0.29, 0.717) is 0 Å². The van der Waals surface area contributed by atoms with Crippen LogP contribution in [0.5, 0.6) is 0 Å². The van der Waals surface area contributed by atoms with E-state index in [1.165, 1.54) is 5.69 Å². The number of halogens is 1. The largest absolute Gasteiger partial charge is 0.398 e. The van der Waals surface area contributed by atoms with Crippen LogP contribution < -0.4 is 16.0 Å². The Bertz CT molecular complexity index is 352. The molecule has 0 aliphatic carbocycles. The fraction of sp³-hybridized carbons (Fsp3) is 0.500. The third kappa shape index (κ3) is 3.39. The van der Waals surface area contributed by atoms with Crippen LogP contribution in [-0.2, 0) is 0 Å². The molecule has 0 spiro atoms. The number of rotatable bonds is 5. The number of nitrogens with two attached hydrogens (primary N) is 1. The van der Waals surface area contributed by atoms with E-state index >= 15 is 0 Å². The van der Waals surface area contributed by atoms with E-state index in [1.807, 2.05) is 20.0 Å². The minimum absolute atomic E-state index is 0.833. The number of anilines is 2. The maximum Gasteiger partial charge on any atom is 0.0512 e. The van der Waals surface area contributed by atoms with Gasteiger partial charge in [0.1, 0.15) is 0 Å². The average Bonchev–Trinajstić information content (AvgIpc) is 2.23. The van der Waals surface area contributed by atoms with Crippen LogP contribution in [0.15, 0.2) is 16.6 Å². The van der Waals surface area contributed by atoms with Crippen LogP contribution in [-0.4, -0.2) is 27.2 Å². The summed E-state index contributed by atoms with van der Waals surface area (Å²) in [6.07, 6.45) is 1.13. The summed E-state index contributed by atoms with van der Waals surface area (Å²) in [5.74, 6) is 0. The van der Waals surface area contributed by atoms with Gasteiger partial charge < -0.3 is 16.0 Å². The lowest BCUT2D eigenvalue weighted by Crippen LogP contribution is -2.22. The molecule has 0 saturated carbocycles. The predicted octanol–water partition coefficient (Wildman–Crippen LogP) is 2.39. The highest BCUT2D eigenvalue weighted by Crippen LogP contribution is 2.30. The molecule has 3 nitrogen and oxygen atoms in total. The SMILES string of the molecule is CNCCCN(C)c1cc(C)c(N)cc1Br. The van der Waals surface area contributed by atoms with Crippen LogP contribution in [0.2, 0.25) is 0 Å². The van der Waals surface area contributed by atoms with Crippen LogP contribution in [0.1, 0.15) is 12.0 Å². The van der Waals surface area contributed by atoms with Crippen molar-refractivity contribution in [2.24, 2.45) is 0 Å². The minimum atomic E-state index is 0.833. The Morgan fingerprint density at radius 3 is 2.75 bits per heavy atom. The number of aryl methyl sites for hydroxylation is 1. The fourth-order valence-electron chi connectivity index (χ4n) is 1.59. The zero-order valence-corrected chi connectivity index (χ0v) is 11.8. The Morgan fingerprint density at radius 1 is 1.44 bits per heavy atom. The lowest BCUT2D eigenvalue weighted by atomic mass is 10.1. The van der Waals surface area contributed by atoms with Crippen molar-refractivity contribution in [2.45, 2.75) is 13.3 Å². The molecule has 1 rings (SSSR count). The summed E-state index contributed by atoms with van der Waals surface area (Å²) in [7, 11) is 4.08. The zero-order chi connectivity index (χ0) is 12.1. The fourth-order valence-corrected chi connectivity index (χ4v) is 2.25. The van der Waals surface area contributed by atoms with E-state index in [9.17, 15) is 0 Å². The molecule has 0 aromatic heterocycles. The molecule has 0 bridgehead atoms. The smallest absolute Gasteiger partial charge is 0.0512 e. The van der Waals surface area contributed by atoms with E-state index in [2.05, 4.69) is 39.3 Å².